The number of rotatable bonds is 2. The molecule has 0 saturated carbocycles. The van der Waals surface area contributed by atoms with E-state index in [0.29, 0.717) is 5.56 Å². The van der Waals surface area contributed by atoms with Crippen LogP contribution >= 0.6 is 15.9 Å². The number of halogens is 1. The Morgan fingerprint density at radius 2 is 1.88 bits per heavy atom. The lowest BCUT2D eigenvalue weighted by Crippen LogP contribution is -2.24. The number of benzene rings is 1. The van der Waals surface area contributed by atoms with Crippen LogP contribution in [0.5, 0.6) is 0 Å². The summed E-state index contributed by atoms with van der Waals surface area (Å²) < 4.78 is 6.38. The molecule has 3 heteroatoms. The van der Waals surface area contributed by atoms with Gasteiger partial charge < -0.3 is 4.74 Å². The summed E-state index contributed by atoms with van der Waals surface area (Å²) in [4.78, 5) is 12.1. The van der Waals surface area contributed by atoms with Gasteiger partial charge in [0, 0.05) is 4.47 Å². The summed E-state index contributed by atoms with van der Waals surface area (Å²) in [5, 5.41) is 0. The zero-order chi connectivity index (χ0) is 13.2. The minimum absolute atomic E-state index is 0.256. The van der Waals surface area contributed by atoms with Crippen molar-refractivity contribution in [3.8, 4) is 0 Å². The first-order valence-electron chi connectivity index (χ1n) is 5.73. The molecule has 1 aromatic rings. The van der Waals surface area contributed by atoms with Gasteiger partial charge in [0.05, 0.1) is 5.56 Å². The molecule has 0 amide bonds. The molecule has 0 saturated heterocycles. The monoisotopic (exact) mass is 298 g/mol. The van der Waals surface area contributed by atoms with Crippen molar-refractivity contribution in [3.05, 3.63) is 33.8 Å². The van der Waals surface area contributed by atoms with Crippen LogP contribution in [0, 0.1) is 0 Å². The van der Waals surface area contributed by atoms with Crippen LogP contribution < -0.4 is 0 Å². The van der Waals surface area contributed by atoms with Gasteiger partial charge >= 0.3 is 5.97 Å². The maximum atomic E-state index is 12.1. The van der Waals surface area contributed by atoms with E-state index in [2.05, 4.69) is 29.8 Å². The van der Waals surface area contributed by atoms with Gasteiger partial charge in [-0.3, -0.25) is 0 Å². The van der Waals surface area contributed by atoms with E-state index in [1.54, 1.807) is 0 Å². The molecule has 2 nitrogen and oxygen atoms in total. The first-order chi connectivity index (χ1) is 7.70. The van der Waals surface area contributed by atoms with Crippen molar-refractivity contribution < 1.29 is 9.53 Å². The van der Waals surface area contributed by atoms with Gasteiger partial charge in [-0.15, -0.1) is 0 Å². The van der Waals surface area contributed by atoms with Gasteiger partial charge in [0.2, 0.25) is 0 Å². The molecule has 0 aliphatic rings. The number of carbonyl (C=O) groups is 1. The van der Waals surface area contributed by atoms with Crippen LogP contribution in [0.25, 0.3) is 0 Å². The standard InChI is InChI=1S/C14H19BrO2/c1-9(2)12-8-10(15)6-7-11(12)13(16)17-14(3,4)5/h6-9H,1-5H3. The fraction of sp³-hybridized carbons (Fsp3) is 0.500. The number of hydrogen-bond acceptors (Lipinski definition) is 2. The van der Waals surface area contributed by atoms with Crippen LogP contribution in [0.1, 0.15) is 56.5 Å². The largest absolute Gasteiger partial charge is 0.456 e. The normalized spacial score (nSPS) is 11.7. The fourth-order valence-corrected chi connectivity index (χ4v) is 1.91. The van der Waals surface area contributed by atoms with Gasteiger partial charge in [0.25, 0.3) is 0 Å². The maximum absolute atomic E-state index is 12.1. The van der Waals surface area contributed by atoms with Gasteiger partial charge in [0.15, 0.2) is 0 Å². The highest BCUT2D eigenvalue weighted by atomic mass is 79.9. The highest BCUT2D eigenvalue weighted by molar-refractivity contribution is 9.10. The highest BCUT2D eigenvalue weighted by Crippen LogP contribution is 2.25. The first-order valence-corrected chi connectivity index (χ1v) is 6.53. The Morgan fingerprint density at radius 1 is 1.29 bits per heavy atom. The summed E-state index contributed by atoms with van der Waals surface area (Å²) in [6.45, 7) is 9.75. The third-order valence-electron chi connectivity index (χ3n) is 2.25. The van der Waals surface area contributed by atoms with Gasteiger partial charge in [-0.1, -0.05) is 29.8 Å². The smallest absolute Gasteiger partial charge is 0.338 e. The van der Waals surface area contributed by atoms with Crippen molar-refractivity contribution in [2.75, 3.05) is 0 Å². The van der Waals surface area contributed by atoms with Crippen LogP contribution in [-0.4, -0.2) is 11.6 Å². The first kappa shape index (κ1) is 14.2. The second-order valence-electron chi connectivity index (χ2n) is 5.39. The Morgan fingerprint density at radius 3 is 2.35 bits per heavy atom. The van der Waals surface area contributed by atoms with Crippen molar-refractivity contribution in [3.63, 3.8) is 0 Å². The molecule has 0 aliphatic heterocycles. The lowest BCUT2D eigenvalue weighted by atomic mass is 9.97. The molecular weight excluding hydrogens is 280 g/mol. The highest BCUT2D eigenvalue weighted by Gasteiger charge is 2.21. The molecule has 0 heterocycles. The molecule has 0 N–H and O–H groups in total. The molecular formula is C14H19BrO2. The van der Waals surface area contributed by atoms with E-state index in [0.717, 1.165) is 10.0 Å². The van der Waals surface area contributed by atoms with E-state index in [9.17, 15) is 4.79 Å². The van der Waals surface area contributed by atoms with Crippen molar-refractivity contribution in [1.29, 1.82) is 0 Å². The maximum Gasteiger partial charge on any atom is 0.338 e. The minimum Gasteiger partial charge on any atom is -0.456 e. The summed E-state index contributed by atoms with van der Waals surface area (Å²) in [6.07, 6.45) is 0. The Bertz CT molecular complexity index is 417. The predicted molar refractivity (Wildman–Crippen MR) is 73.4 cm³/mol. The van der Waals surface area contributed by atoms with Crippen molar-refractivity contribution in [2.45, 2.75) is 46.1 Å². The van der Waals surface area contributed by atoms with E-state index in [1.807, 2.05) is 39.0 Å². The molecule has 17 heavy (non-hydrogen) atoms. The molecule has 94 valence electrons. The second-order valence-corrected chi connectivity index (χ2v) is 6.30. The van der Waals surface area contributed by atoms with Crippen LogP contribution in [0.3, 0.4) is 0 Å². The number of esters is 1. The van der Waals surface area contributed by atoms with Crippen molar-refractivity contribution >= 4 is 21.9 Å². The topological polar surface area (TPSA) is 26.3 Å². The molecule has 0 aromatic heterocycles. The lowest BCUT2D eigenvalue weighted by molar-refractivity contribution is 0.00679. The predicted octanol–water partition coefficient (Wildman–Crippen LogP) is 4.53. The molecule has 0 spiro atoms. The third kappa shape index (κ3) is 4.15. The quantitative estimate of drug-likeness (QED) is 0.750. The lowest BCUT2D eigenvalue weighted by Gasteiger charge is -2.21. The van der Waals surface area contributed by atoms with E-state index in [1.165, 1.54) is 0 Å². The summed E-state index contributed by atoms with van der Waals surface area (Å²) >= 11 is 3.42. The second kappa shape index (κ2) is 5.21. The molecule has 0 radical (unpaired) electrons. The van der Waals surface area contributed by atoms with E-state index < -0.39 is 5.60 Å². The van der Waals surface area contributed by atoms with Crippen molar-refractivity contribution in [2.24, 2.45) is 0 Å². The fourth-order valence-electron chi connectivity index (χ4n) is 1.53. The van der Waals surface area contributed by atoms with Crippen LogP contribution in [0.2, 0.25) is 0 Å². The van der Waals surface area contributed by atoms with Gasteiger partial charge in [-0.05, 0) is 50.5 Å². The van der Waals surface area contributed by atoms with Crippen LogP contribution in [0.4, 0.5) is 0 Å². The Labute approximate surface area is 111 Å². The summed E-state index contributed by atoms with van der Waals surface area (Å²) in [7, 11) is 0. The van der Waals surface area contributed by atoms with Crippen molar-refractivity contribution in [1.82, 2.24) is 0 Å². The number of ether oxygens (including phenoxy) is 1. The molecule has 1 rings (SSSR count). The van der Waals surface area contributed by atoms with Crippen LogP contribution in [0.15, 0.2) is 22.7 Å². The summed E-state index contributed by atoms with van der Waals surface area (Å²) in [6, 6.07) is 5.66. The molecule has 0 fully saturated rings. The summed E-state index contributed by atoms with van der Waals surface area (Å²) in [5.41, 5.74) is 1.20. The van der Waals surface area contributed by atoms with Gasteiger partial charge in [-0.25, -0.2) is 4.79 Å². The molecule has 0 unspecified atom stereocenters. The van der Waals surface area contributed by atoms with E-state index >= 15 is 0 Å². The third-order valence-corrected chi connectivity index (χ3v) is 2.75. The van der Waals surface area contributed by atoms with Gasteiger partial charge in [-0.2, -0.15) is 0 Å². The molecule has 0 atom stereocenters. The molecule has 0 bridgehead atoms. The zero-order valence-corrected chi connectivity index (χ0v) is 12.6. The molecule has 1 aromatic carbocycles. The average molecular weight is 299 g/mol. The Balaban J connectivity index is 3.09. The molecule has 0 aliphatic carbocycles. The van der Waals surface area contributed by atoms with E-state index in [-0.39, 0.29) is 11.9 Å². The Hall–Kier alpha value is -0.830. The minimum atomic E-state index is -0.460. The zero-order valence-electron chi connectivity index (χ0n) is 11.0. The van der Waals surface area contributed by atoms with Gasteiger partial charge in [0.1, 0.15) is 5.60 Å². The average Bonchev–Trinajstić information content (AvgIpc) is 2.14. The summed E-state index contributed by atoms with van der Waals surface area (Å²) in [5.74, 6) is 0.0312. The number of hydrogen-bond donors (Lipinski definition) is 0. The van der Waals surface area contributed by atoms with Crippen LogP contribution in [-0.2, 0) is 4.74 Å². The number of carbonyl (C=O) groups excluding carboxylic acids is 1. The Kier molecular flexibility index (Phi) is 4.36. The SMILES string of the molecule is CC(C)c1cc(Br)ccc1C(=O)OC(C)(C)C. The van der Waals surface area contributed by atoms with E-state index in [4.69, 9.17) is 4.74 Å².